The van der Waals surface area contributed by atoms with Gasteiger partial charge in [-0.05, 0) is 39.3 Å². The summed E-state index contributed by atoms with van der Waals surface area (Å²) in [5, 5.41) is 11.0. The summed E-state index contributed by atoms with van der Waals surface area (Å²) in [5.41, 5.74) is 0. The number of amides is 1. The maximum atomic E-state index is 10.5. The lowest BCUT2D eigenvalue weighted by Gasteiger charge is -2.28. The van der Waals surface area contributed by atoms with Crippen LogP contribution in [0.4, 0.5) is 4.79 Å². The van der Waals surface area contributed by atoms with Crippen LogP contribution in [0.3, 0.4) is 0 Å². The molecule has 0 saturated carbocycles. The third-order valence-electron chi connectivity index (χ3n) is 1.70. The minimum atomic E-state index is -1.69. The Morgan fingerprint density at radius 1 is 1.18 bits per heavy atom. The molecule has 1 atom stereocenters. The van der Waals surface area contributed by atoms with Crippen molar-refractivity contribution in [2.45, 2.75) is 45.4 Å². The molecule has 0 aromatic carbocycles. The lowest BCUT2D eigenvalue weighted by molar-refractivity contribution is 0.115. The maximum Gasteiger partial charge on any atom is 0.404 e. The van der Waals surface area contributed by atoms with Crippen LogP contribution >= 0.6 is 0 Å². The van der Waals surface area contributed by atoms with Gasteiger partial charge in [-0.1, -0.05) is 0 Å². The van der Waals surface area contributed by atoms with E-state index in [1.807, 2.05) is 0 Å². The fraction of sp³-hybridized carbons (Fsp3) is 0.900. The standard InChI is InChI=1S/C10H25NO4Si2/c1-16(2,3)14-8-9(7-11-10(12)13)15-17(4,5)6/h9,11H,7-8H2,1-6H3,(H,12,13)/t9-/m0/s1. The van der Waals surface area contributed by atoms with Gasteiger partial charge < -0.3 is 19.3 Å². The Kier molecular flexibility index (Phi) is 6.38. The van der Waals surface area contributed by atoms with Crippen molar-refractivity contribution in [2.75, 3.05) is 13.2 Å². The minimum absolute atomic E-state index is 0.190. The molecule has 7 heteroatoms. The van der Waals surface area contributed by atoms with E-state index in [0.29, 0.717) is 6.61 Å². The van der Waals surface area contributed by atoms with Crippen LogP contribution < -0.4 is 5.32 Å². The molecule has 0 heterocycles. The van der Waals surface area contributed by atoms with E-state index in [-0.39, 0.29) is 12.6 Å². The van der Waals surface area contributed by atoms with E-state index in [0.717, 1.165) is 0 Å². The first-order chi connectivity index (χ1) is 7.49. The first-order valence-corrected chi connectivity index (χ1v) is 12.6. The molecule has 0 spiro atoms. The highest BCUT2D eigenvalue weighted by Gasteiger charge is 2.24. The summed E-state index contributed by atoms with van der Waals surface area (Å²) in [6.45, 7) is 13.3. The molecule has 0 radical (unpaired) electrons. The molecule has 0 unspecified atom stereocenters. The van der Waals surface area contributed by atoms with Gasteiger partial charge in [0.05, 0.1) is 12.7 Å². The fourth-order valence-electron chi connectivity index (χ4n) is 1.18. The molecule has 0 rings (SSSR count). The van der Waals surface area contributed by atoms with Crippen molar-refractivity contribution >= 4 is 22.7 Å². The number of hydrogen-bond acceptors (Lipinski definition) is 3. The second-order valence-electron chi connectivity index (χ2n) is 5.96. The number of hydrogen-bond donors (Lipinski definition) is 2. The molecular weight excluding hydrogens is 254 g/mol. The number of nitrogens with one attached hydrogen (secondary N) is 1. The summed E-state index contributed by atoms with van der Waals surface area (Å²) in [5.74, 6) is 0. The van der Waals surface area contributed by atoms with Crippen LogP contribution in [0.5, 0.6) is 0 Å². The van der Waals surface area contributed by atoms with E-state index < -0.39 is 22.7 Å². The topological polar surface area (TPSA) is 67.8 Å². The molecule has 0 aromatic heterocycles. The van der Waals surface area contributed by atoms with Gasteiger partial charge in [0.1, 0.15) is 0 Å². The summed E-state index contributed by atoms with van der Waals surface area (Å²) >= 11 is 0. The summed E-state index contributed by atoms with van der Waals surface area (Å²) in [6.07, 6.45) is -1.22. The minimum Gasteiger partial charge on any atom is -0.465 e. The van der Waals surface area contributed by atoms with Gasteiger partial charge in [0, 0.05) is 6.54 Å². The fourth-order valence-corrected chi connectivity index (χ4v) is 3.02. The Morgan fingerprint density at radius 3 is 2.06 bits per heavy atom. The lowest BCUT2D eigenvalue weighted by Crippen LogP contribution is -2.44. The molecule has 0 aromatic rings. The molecule has 0 fully saturated rings. The molecule has 5 nitrogen and oxygen atoms in total. The molecule has 0 aliphatic rings. The molecule has 2 N–H and O–H groups in total. The number of rotatable bonds is 7. The van der Waals surface area contributed by atoms with Crippen molar-refractivity contribution < 1.29 is 18.8 Å². The summed E-state index contributed by atoms with van der Waals surface area (Å²) in [6, 6.07) is 0. The van der Waals surface area contributed by atoms with Crippen LogP contribution in [-0.2, 0) is 8.85 Å². The number of carboxylic acid groups (broad SMARTS) is 1. The predicted molar refractivity (Wildman–Crippen MR) is 73.5 cm³/mol. The van der Waals surface area contributed by atoms with Gasteiger partial charge in [-0.3, -0.25) is 0 Å². The van der Waals surface area contributed by atoms with Crippen LogP contribution in [0.1, 0.15) is 0 Å². The first-order valence-electron chi connectivity index (χ1n) is 5.78. The SMILES string of the molecule is C[Si](C)(C)OC[C@H](CNC(=O)O)O[Si](C)(C)C. The molecule has 0 saturated heterocycles. The lowest BCUT2D eigenvalue weighted by atomic mass is 10.4. The van der Waals surface area contributed by atoms with E-state index in [9.17, 15) is 4.79 Å². The van der Waals surface area contributed by atoms with E-state index in [2.05, 4.69) is 44.6 Å². The number of carbonyl (C=O) groups is 1. The van der Waals surface area contributed by atoms with Gasteiger partial charge in [0.25, 0.3) is 0 Å². The zero-order valence-electron chi connectivity index (χ0n) is 11.7. The molecule has 1 amide bonds. The first kappa shape index (κ1) is 16.6. The summed E-state index contributed by atoms with van der Waals surface area (Å²) in [7, 11) is -3.28. The molecular formula is C10H25NO4Si2. The predicted octanol–water partition coefficient (Wildman–Crippen LogP) is 2.33. The molecule has 102 valence electrons. The third kappa shape index (κ3) is 11.9. The normalized spacial score (nSPS) is 14.5. The second kappa shape index (κ2) is 6.53. The quantitative estimate of drug-likeness (QED) is 0.702. The van der Waals surface area contributed by atoms with Gasteiger partial charge in [-0.25, -0.2) is 4.79 Å². The Balaban J connectivity index is 4.25. The third-order valence-corrected chi connectivity index (χ3v) is 3.78. The Morgan fingerprint density at radius 2 is 1.71 bits per heavy atom. The second-order valence-corrected chi connectivity index (χ2v) is 14.9. The van der Waals surface area contributed by atoms with E-state index >= 15 is 0 Å². The monoisotopic (exact) mass is 279 g/mol. The maximum absolute atomic E-state index is 10.5. The molecule has 0 aliphatic heterocycles. The van der Waals surface area contributed by atoms with Gasteiger partial charge in [-0.15, -0.1) is 0 Å². The highest BCUT2D eigenvalue weighted by atomic mass is 28.4. The summed E-state index contributed by atoms with van der Waals surface area (Å²) in [4.78, 5) is 10.5. The van der Waals surface area contributed by atoms with Crippen LogP contribution in [0, 0.1) is 0 Å². The average molecular weight is 279 g/mol. The van der Waals surface area contributed by atoms with Crippen molar-refractivity contribution in [1.29, 1.82) is 0 Å². The van der Waals surface area contributed by atoms with Gasteiger partial charge in [0.2, 0.25) is 0 Å². The van der Waals surface area contributed by atoms with Gasteiger partial charge >= 0.3 is 6.09 Å². The van der Waals surface area contributed by atoms with Crippen LogP contribution in [-0.4, -0.2) is 47.1 Å². The van der Waals surface area contributed by atoms with Crippen molar-refractivity contribution in [3.05, 3.63) is 0 Å². The smallest absolute Gasteiger partial charge is 0.404 e. The van der Waals surface area contributed by atoms with Crippen LogP contribution in [0.2, 0.25) is 39.3 Å². The van der Waals surface area contributed by atoms with Gasteiger partial charge in [-0.2, -0.15) is 0 Å². The molecule has 0 aliphatic carbocycles. The zero-order valence-corrected chi connectivity index (χ0v) is 13.7. The molecule has 0 bridgehead atoms. The van der Waals surface area contributed by atoms with E-state index in [1.54, 1.807) is 0 Å². The van der Waals surface area contributed by atoms with Gasteiger partial charge in [0.15, 0.2) is 16.6 Å². The highest BCUT2D eigenvalue weighted by Crippen LogP contribution is 2.10. The Hall–Kier alpha value is -0.376. The van der Waals surface area contributed by atoms with Crippen LogP contribution in [0.15, 0.2) is 0 Å². The Labute approximate surface area is 106 Å². The largest absolute Gasteiger partial charge is 0.465 e. The summed E-state index contributed by atoms with van der Waals surface area (Å²) < 4.78 is 11.7. The van der Waals surface area contributed by atoms with E-state index in [4.69, 9.17) is 14.0 Å². The van der Waals surface area contributed by atoms with Crippen molar-refractivity contribution in [1.82, 2.24) is 5.32 Å². The van der Waals surface area contributed by atoms with Crippen molar-refractivity contribution in [3.8, 4) is 0 Å². The average Bonchev–Trinajstić information content (AvgIpc) is 2.06. The Bertz CT molecular complexity index is 248. The molecule has 17 heavy (non-hydrogen) atoms. The zero-order chi connectivity index (χ0) is 13.7. The van der Waals surface area contributed by atoms with Crippen molar-refractivity contribution in [2.24, 2.45) is 0 Å². The van der Waals surface area contributed by atoms with Crippen molar-refractivity contribution in [3.63, 3.8) is 0 Å². The van der Waals surface area contributed by atoms with E-state index in [1.165, 1.54) is 0 Å². The highest BCUT2D eigenvalue weighted by molar-refractivity contribution is 6.70. The van der Waals surface area contributed by atoms with Crippen LogP contribution in [0.25, 0.3) is 0 Å².